The van der Waals surface area contributed by atoms with E-state index in [2.05, 4.69) is 5.32 Å². The summed E-state index contributed by atoms with van der Waals surface area (Å²) in [6, 6.07) is 30.1. The minimum Gasteiger partial charge on any atom is -0.352 e. The predicted octanol–water partition coefficient (Wildman–Crippen LogP) is 7.28. The molecule has 0 saturated heterocycles. The zero-order valence-corrected chi connectivity index (χ0v) is 27.7. The Morgan fingerprint density at radius 3 is 2.00 bits per heavy atom. The third-order valence-electron chi connectivity index (χ3n) is 8.25. The lowest BCUT2D eigenvalue weighted by molar-refractivity contribution is -0.140. The fourth-order valence-corrected chi connectivity index (χ4v) is 7.73. The number of rotatable bonds is 12. The van der Waals surface area contributed by atoms with Gasteiger partial charge >= 0.3 is 0 Å². The summed E-state index contributed by atoms with van der Waals surface area (Å²) in [6.45, 7) is -0.594. The minimum atomic E-state index is -4.24. The molecule has 1 aliphatic rings. The van der Waals surface area contributed by atoms with Crippen molar-refractivity contribution in [3.8, 4) is 0 Å². The molecule has 0 radical (unpaired) electrons. The highest BCUT2D eigenvalue weighted by molar-refractivity contribution is 7.92. The van der Waals surface area contributed by atoms with E-state index in [4.69, 9.17) is 23.2 Å². The van der Waals surface area contributed by atoms with Crippen LogP contribution in [0.2, 0.25) is 10.0 Å². The molecule has 1 atom stereocenters. The Balaban J connectivity index is 1.57. The topological polar surface area (TPSA) is 86.8 Å². The van der Waals surface area contributed by atoms with E-state index in [9.17, 15) is 18.0 Å². The first kappa shape index (κ1) is 33.5. The van der Waals surface area contributed by atoms with E-state index in [1.807, 2.05) is 36.4 Å². The molecule has 0 bridgehead atoms. The number of hydrogen-bond donors (Lipinski definition) is 1. The van der Waals surface area contributed by atoms with Crippen molar-refractivity contribution in [2.75, 3.05) is 10.8 Å². The number of nitrogens with one attached hydrogen (secondary N) is 1. The van der Waals surface area contributed by atoms with Crippen LogP contribution >= 0.6 is 23.2 Å². The number of amides is 2. The van der Waals surface area contributed by atoms with Crippen LogP contribution < -0.4 is 9.62 Å². The number of carbonyl (C=O) groups is 2. The molecule has 0 aliphatic heterocycles. The maximum atomic E-state index is 14.6. The van der Waals surface area contributed by atoms with E-state index in [1.54, 1.807) is 60.7 Å². The Labute approximate surface area is 281 Å². The molecule has 2 amide bonds. The lowest BCUT2D eigenvalue weighted by atomic mass is 9.94. The van der Waals surface area contributed by atoms with E-state index in [-0.39, 0.29) is 40.5 Å². The normalized spacial score (nSPS) is 14.3. The van der Waals surface area contributed by atoms with E-state index in [1.165, 1.54) is 17.0 Å². The van der Waals surface area contributed by atoms with Gasteiger partial charge in [0.15, 0.2) is 0 Å². The fourth-order valence-electron chi connectivity index (χ4n) is 5.80. The quantitative estimate of drug-likeness (QED) is 0.171. The molecule has 0 unspecified atom stereocenters. The summed E-state index contributed by atoms with van der Waals surface area (Å²) in [5.74, 6) is -0.856. The number of nitrogens with zero attached hydrogens (tertiary/aromatic N) is 2. The number of halogens is 2. The molecule has 4 aromatic rings. The number of carbonyl (C=O) groups excluding carboxylic acids is 2. The van der Waals surface area contributed by atoms with Gasteiger partial charge in [0, 0.05) is 24.0 Å². The first-order valence-corrected chi connectivity index (χ1v) is 17.6. The second-order valence-electron chi connectivity index (χ2n) is 11.4. The smallest absolute Gasteiger partial charge is 0.264 e. The maximum absolute atomic E-state index is 14.6. The van der Waals surface area contributed by atoms with Crippen LogP contribution in [0.25, 0.3) is 0 Å². The number of sulfonamides is 1. The van der Waals surface area contributed by atoms with Gasteiger partial charge in [-0.15, -0.1) is 0 Å². The standard InChI is InChI=1S/C36H37Cl2N3O4S/c37-31-21-11-10-16-28(31)25-40(34(24-27-14-4-1-5-15-27)36(43)39-29-17-6-2-7-18-29)35(42)26-41(33-23-13-12-22-32(33)38)46(44,45)30-19-8-3-9-20-30/h1,3-5,8-16,19-23,29,34H,2,6-7,17-18,24-26H2,(H,39,43)/t34-/m0/s1. The van der Waals surface area contributed by atoms with Crippen molar-refractivity contribution in [1.82, 2.24) is 10.2 Å². The number of anilines is 1. The molecule has 1 N–H and O–H groups in total. The molecule has 4 aromatic carbocycles. The lowest BCUT2D eigenvalue weighted by Crippen LogP contribution is -2.55. The molecular formula is C36H37Cl2N3O4S. The summed E-state index contributed by atoms with van der Waals surface area (Å²) in [7, 11) is -4.24. The van der Waals surface area contributed by atoms with Gasteiger partial charge in [0.1, 0.15) is 12.6 Å². The van der Waals surface area contributed by atoms with Gasteiger partial charge in [-0.1, -0.05) is 121 Å². The zero-order valence-electron chi connectivity index (χ0n) is 25.4. The second-order valence-corrected chi connectivity index (χ2v) is 14.1. The van der Waals surface area contributed by atoms with Crippen LogP contribution in [0.3, 0.4) is 0 Å². The molecule has 7 nitrogen and oxygen atoms in total. The van der Waals surface area contributed by atoms with Crippen LogP contribution in [0, 0.1) is 0 Å². The van der Waals surface area contributed by atoms with E-state index >= 15 is 0 Å². The highest BCUT2D eigenvalue weighted by atomic mass is 35.5. The van der Waals surface area contributed by atoms with E-state index in [0.29, 0.717) is 10.6 Å². The largest absolute Gasteiger partial charge is 0.352 e. The van der Waals surface area contributed by atoms with E-state index in [0.717, 1.165) is 42.0 Å². The van der Waals surface area contributed by atoms with Crippen molar-refractivity contribution in [2.24, 2.45) is 0 Å². The van der Waals surface area contributed by atoms with Crippen molar-refractivity contribution >= 4 is 50.7 Å². The minimum absolute atomic E-state index is 0.00413. The first-order valence-electron chi connectivity index (χ1n) is 15.4. The molecule has 5 rings (SSSR count). The van der Waals surface area contributed by atoms with Crippen LogP contribution in [0.15, 0.2) is 114 Å². The summed E-state index contributed by atoms with van der Waals surface area (Å²) in [6.07, 6.45) is 5.16. The van der Waals surface area contributed by atoms with Gasteiger partial charge in [-0.05, 0) is 54.3 Å². The maximum Gasteiger partial charge on any atom is 0.264 e. The predicted molar refractivity (Wildman–Crippen MR) is 183 cm³/mol. The Kier molecular flexibility index (Phi) is 11.4. The van der Waals surface area contributed by atoms with E-state index < -0.39 is 28.5 Å². The fraction of sp³-hybridized carbons (Fsp3) is 0.278. The summed E-state index contributed by atoms with van der Waals surface area (Å²) in [5, 5.41) is 3.81. The second kappa shape index (κ2) is 15.6. The van der Waals surface area contributed by atoms with Gasteiger partial charge in [0.25, 0.3) is 10.0 Å². The third-order valence-corrected chi connectivity index (χ3v) is 10.7. The molecule has 0 aromatic heterocycles. The van der Waals surface area contributed by atoms with Crippen LogP contribution in [-0.2, 0) is 32.6 Å². The highest BCUT2D eigenvalue weighted by Gasteiger charge is 2.36. The molecule has 1 saturated carbocycles. The van der Waals surface area contributed by atoms with Crippen LogP contribution in [0.5, 0.6) is 0 Å². The average molecular weight is 679 g/mol. The summed E-state index contributed by atoms with van der Waals surface area (Å²) in [5.41, 5.74) is 1.66. The van der Waals surface area contributed by atoms with Crippen LogP contribution in [0.4, 0.5) is 5.69 Å². The number of benzene rings is 4. The Morgan fingerprint density at radius 2 is 1.35 bits per heavy atom. The van der Waals surface area contributed by atoms with Crippen molar-refractivity contribution in [2.45, 2.75) is 62.0 Å². The van der Waals surface area contributed by atoms with Gasteiger partial charge in [0.2, 0.25) is 11.8 Å². The summed E-state index contributed by atoms with van der Waals surface area (Å²) >= 11 is 13.1. The molecular weight excluding hydrogens is 641 g/mol. The number of para-hydroxylation sites is 1. The van der Waals surface area contributed by atoms with Crippen molar-refractivity contribution in [3.05, 3.63) is 130 Å². The van der Waals surface area contributed by atoms with Gasteiger partial charge in [-0.3, -0.25) is 13.9 Å². The molecule has 1 aliphatic carbocycles. The summed E-state index contributed by atoms with van der Waals surface area (Å²) in [4.78, 5) is 30.3. The van der Waals surface area contributed by atoms with Crippen molar-refractivity contribution in [1.29, 1.82) is 0 Å². The van der Waals surface area contributed by atoms with Crippen molar-refractivity contribution in [3.63, 3.8) is 0 Å². The first-order chi connectivity index (χ1) is 22.2. The highest BCUT2D eigenvalue weighted by Crippen LogP contribution is 2.31. The third kappa shape index (κ3) is 8.29. The average Bonchev–Trinajstić information content (AvgIpc) is 3.07. The molecule has 240 valence electrons. The number of hydrogen-bond acceptors (Lipinski definition) is 4. The molecule has 46 heavy (non-hydrogen) atoms. The molecule has 10 heteroatoms. The monoisotopic (exact) mass is 677 g/mol. The van der Waals surface area contributed by atoms with Crippen LogP contribution in [0.1, 0.15) is 43.2 Å². The molecule has 0 spiro atoms. The Bertz CT molecular complexity index is 1730. The van der Waals surface area contributed by atoms with Crippen LogP contribution in [-0.4, -0.2) is 43.8 Å². The lowest BCUT2D eigenvalue weighted by Gasteiger charge is -2.35. The SMILES string of the molecule is O=C(NC1CCCCC1)[C@H](Cc1ccccc1)N(Cc1ccccc1Cl)C(=O)CN(c1ccccc1Cl)S(=O)(=O)c1ccccc1. The Morgan fingerprint density at radius 1 is 0.761 bits per heavy atom. The molecule has 0 heterocycles. The summed E-state index contributed by atoms with van der Waals surface area (Å²) < 4.78 is 29.2. The van der Waals surface area contributed by atoms with Gasteiger partial charge in [-0.2, -0.15) is 0 Å². The molecule has 1 fully saturated rings. The van der Waals surface area contributed by atoms with Gasteiger partial charge < -0.3 is 10.2 Å². The van der Waals surface area contributed by atoms with Crippen molar-refractivity contribution < 1.29 is 18.0 Å². The Hall–Kier alpha value is -3.85. The van der Waals surface area contributed by atoms with Gasteiger partial charge in [0.05, 0.1) is 15.6 Å². The zero-order chi connectivity index (χ0) is 32.5. The van der Waals surface area contributed by atoms with Gasteiger partial charge in [-0.25, -0.2) is 8.42 Å².